The van der Waals surface area contributed by atoms with Crippen LogP contribution in [0, 0.1) is 9.37 Å². The predicted molar refractivity (Wildman–Crippen MR) is 141 cm³/mol. The zero-order valence-corrected chi connectivity index (χ0v) is 22.0. The molecule has 1 aliphatic heterocycles. The largest absolute Gasteiger partial charge is 0.481 e. The molecular formula is C25H27N5O5S2. The molecule has 10 nitrogen and oxygen atoms in total. The molecule has 2 heterocycles. The van der Waals surface area contributed by atoms with Crippen LogP contribution in [0.15, 0.2) is 48.5 Å². The van der Waals surface area contributed by atoms with Gasteiger partial charge in [-0.15, -0.1) is 5.10 Å². The molecule has 1 aromatic heterocycles. The fourth-order valence-electron chi connectivity index (χ4n) is 3.88. The number of nitrogens with one attached hydrogen (secondary N) is 1. The monoisotopic (exact) mass is 541 g/mol. The second-order valence-electron chi connectivity index (χ2n) is 9.21. The Hall–Kier alpha value is -3.61. The number of ether oxygens (including phenoxy) is 1. The molecule has 0 spiro atoms. The fourth-order valence-corrected chi connectivity index (χ4v) is 4.92. The summed E-state index contributed by atoms with van der Waals surface area (Å²) in [6.07, 6.45) is 0.195. The number of carboxylic acids is 1. The van der Waals surface area contributed by atoms with Gasteiger partial charge in [0.15, 0.2) is 3.95 Å². The second-order valence-corrected chi connectivity index (χ2v) is 10.8. The van der Waals surface area contributed by atoms with Crippen LogP contribution in [0.1, 0.15) is 30.5 Å². The molecule has 0 saturated heterocycles. The van der Waals surface area contributed by atoms with Crippen LogP contribution in [-0.2, 0) is 33.9 Å². The maximum Gasteiger partial charge on any atom is 0.410 e. The third-order valence-corrected chi connectivity index (χ3v) is 7.47. The van der Waals surface area contributed by atoms with Gasteiger partial charge in [0.05, 0.1) is 11.1 Å². The van der Waals surface area contributed by atoms with Crippen LogP contribution in [0.4, 0.5) is 9.93 Å². The van der Waals surface area contributed by atoms with E-state index in [9.17, 15) is 19.5 Å². The summed E-state index contributed by atoms with van der Waals surface area (Å²) in [6.45, 7) is 3.84. The van der Waals surface area contributed by atoms with E-state index >= 15 is 0 Å². The SMILES string of the molecule is CC(C)(C(=O)O)[C@H](N)C(=O)Nc1nn(-c2cccc3c2CCN(C(=O)OCc2ccccc2)C3)c(=S)s1. The first-order chi connectivity index (χ1) is 17.6. The number of benzene rings is 2. The fraction of sp³-hybridized carbons (Fsp3) is 0.320. The maximum atomic E-state index is 12.6. The molecule has 0 bridgehead atoms. The van der Waals surface area contributed by atoms with Gasteiger partial charge >= 0.3 is 12.1 Å². The summed E-state index contributed by atoms with van der Waals surface area (Å²) < 4.78 is 7.45. The lowest BCUT2D eigenvalue weighted by molar-refractivity contribution is -0.150. The van der Waals surface area contributed by atoms with Crippen molar-refractivity contribution in [2.45, 2.75) is 39.5 Å². The zero-order chi connectivity index (χ0) is 26.7. The van der Waals surface area contributed by atoms with Crippen LogP contribution in [0.2, 0.25) is 0 Å². The normalized spacial score (nSPS) is 14.0. The first-order valence-electron chi connectivity index (χ1n) is 11.5. The van der Waals surface area contributed by atoms with E-state index in [4.69, 9.17) is 22.7 Å². The number of nitrogens with two attached hydrogens (primary N) is 1. The summed E-state index contributed by atoms with van der Waals surface area (Å²) in [5.41, 5.74) is 8.06. The molecule has 4 N–H and O–H groups in total. The molecule has 37 heavy (non-hydrogen) atoms. The minimum atomic E-state index is -1.46. The van der Waals surface area contributed by atoms with Gasteiger partial charge in [-0.05, 0) is 55.2 Å². The maximum absolute atomic E-state index is 12.6. The average Bonchev–Trinajstić information content (AvgIpc) is 3.25. The number of carbonyl (C=O) groups is 3. The molecule has 0 saturated carbocycles. The van der Waals surface area contributed by atoms with Crippen LogP contribution < -0.4 is 11.1 Å². The number of fused-ring (bicyclic) bond motifs is 1. The lowest BCUT2D eigenvalue weighted by atomic mass is 9.84. The van der Waals surface area contributed by atoms with E-state index in [-0.39, 0.29) is 17.8 Å². The number of aromatic nitrogens is 2. The van der Waals surface area contributed by atoms with Gasteiger partial charge in [0.25, 0.3) is 0 Å². The number of carboxylic acid groups (broad SMARTS) is 1. The van der Waals surface area contributed by atoms with Gasteiger partial charge in [0.1, 0.15) is 12.6 Å². The number of carbonyl (C=O) groups excluding carboxylic acids is 2. The van der Waals surface area contributed by atoms with E-state index in [0.717, 1.165) is 33.7 Å². The smallest absolute Gasteiger partial charge is 0.410 e. The molecule has 2 aromatic carbocycles. The number of rotatable bonds is 7. The van der Waals surface area contributed by atoms with E-state index in [2.05, 4.69) is 10.4 Å². The van der Waals surface area contributed by atoms with Gasteiger partial charge in [-0.25, -0.2) is 9.48 Å². The minimum Gasteiger partial charge on any atom is -0.481 e. The Morgan fingerprint density at radius 1 is 1.22 bits per heavy atom. The van der Waals surface area contributed by atoms with Gasteiger partial charge in [0, 0.05) is 13.1 Å². The Balaban J connectivity index is 1.48. The van der Waals surface area contributed by atoms with Gasteiger partial charge in [-0.2, -0.15) is 0 Å². The molecule has 4 rings (SSSR count). The molecule has 194 valence electrons. The second kappa shape index (κ2) is 10.8. The Bertz CT molecular complexity index is 1390. The molecule has 1 atom stereocenters. The third-order valence-electron chi connectivity index (χ3n) is 6.32. The molecule has 1 aliphatic rings. The number of nitrogens with zero attached hydrogens (tertiary/aromatic N) is 3. The number of anilines is 1. The van der Waals surface area contributed by atoms with Crippen molar-refractivity contribution in [3.8, 4) is 5.69 Å². The van der Waals surface area contributed by atoms with E-state index in [1.807, 2.05) is 48.5 Å². The van der Waals surface area contributed by atoms with Crippen molar-refractivity contribution in [3.05, 3.63) is 69.2 Å². The van der Waals surface area contributed by atoms with Crippen LogP contribution >= 0.6 is 23.6 Å². The highest BCUT2D eigenvalue weighted by Crippen LogP contribution is 2.28. The van der Waals surface area contributed by atoms with Crippen molar-refractivity contribution in [1.29, 1.82) is 0 Å². The van der Waals surface area contributed by atoms with Crippen LogP contribution in [0.25, 0.3) is 5.69 Å². The van der Waals surface area contributed by atoms with E-state index < -0.39 is 23.3 Å². The van der Waals surface area contributed by atoms with E-state index in [1.165, 1.54) is 13.8 Å². The number of hydrogen-bond acceptors (Lipinski definition) is 8. The minimum absolute atomic E-state index is 0.207. The Labute approximate surface area is 222 Å². The van der Waals surface area contributed by atoms with Crippen molar-refractivity contribution < 1.29 is 24.2 Å². The summed E-state index contributed by atoms with van der Waals surface area (Å²) in [4.78, 5) is 38.3. The molecule has 0 unspecified atom stereocenters. The summed E-state index contributed by atoms with van der Waals surface area (Å²) in [7, 11) is 0. The lowest BCUT2D eigenvalue weighted by Gasteiger charge is -2.29. The van der Waals surface area contributed by atoms with Crippen LogP contribution in [-0.4, -0.2) is 50.3 Å². The Morgan fingerprint density at radius 2 is 1.95 bits per heavy atom. The Morgan fingerprint density at radius 3 is 2.65 bits per heavy atom. The Kier molecular flexibility index (Phi) is 7.71. The summed E-state index contributed by atoms with van der Waals surface area (Å²) in [5, 5.41) is 16.6. The number of aliphatic carboxylic acids is 1. The van der Waals surface area contributed by atoms with Gasteiger partial charge in [-0.3, -0.25) is 14.9 Å². The summed E-state index contributed by atoms with van der Waals surface area (Å²) in [6, 6.07) is 13.9. The first kappa shape index (κ1) is 26.5. The molecule has 3 aromatic rings. The highest BCUT2D eigenvalue weighted by Gasteiger charge is 2.39. The van der Waals surface area contributed by atoms with Crippen LogP contribution in [0.5, 0.6) is 0 Å². The highest BCUT2D eigenvalue weighted by molar-refractivity contribution is 7.73. The first-order valence-corrected chi connectivity index (χ1v) is 12.8. The van der Waals surface area contributed by atoms with Crippen molar-refractivity contribution in [2.24, 2.45) is 11.1 Å². The number of hydrogen-bond donors (Lipinski definition) is 3. The van der Waals surface area contributed by atoms with Gasteiger partial charge < -0.3 is 20.5 Å². The standard InChI is InChI=1S/C25H27N5O5S2/c1-25(2,21(32)33)19(26)20(31)27-22-28-30(24(36)37-22)18-10-6-9-16-13-29(12-11-17(16)18)23(34)35-14-15-7-4-3-5-8-15/h3-10,19H,11-14,26H2,1-2H3,(H,32,33)(H,27,28,31)/t19-/m1/s1. The zero-order valence-electron chi connectivity index (χ0n) is 20.3. The van der Waals surface area contributed by atoms with Crippen molar-refractivity contribution in [1.82, 2.24) is 14.7 Å². The molecule has 0 radical (unpaired) electrons. The van der Waals surface area contributed by atoms with Crippen molar-refractivity contribution >= 4 is 46.7 Å². The number of amides is 2. The predicted octanol–water partition coefficient (Wildman–Crippen LogP) is 3.73. The molecule has 2 amide bonds. The molecular weight excluding hydrogens is 514 g/mol. The quantitative estimate of drug-likeness (QED) is 0.385. The molecule has 0 fully saturated rings. The van der Waals surface area contributed by atoms with Gasteiger partial charge in [0.2, 0.25) is 11.0 Å². The third kappa shape index (κ3) is 5.71. The van der Waals surface area contributed by atoms with Crippen LogP contribution in [0.3, 0.4) is 0 Å². The topological polar surface area (TPSA) is 140 Å². The molecule has 12 heteroatoms. The highest BCUT2D eigenvalue weighted by atomic mass is 32.1. The van der Waals surface area contributed by atoms with E-state index in [1.54, 1.807) is 9.58 Å². The van der Waals surface area contributed by atoms with Crippen molar-refractivity contribution in [2.75, 3.05) is 11.9 Å². The molecule has 0 aliphatic carbocycles. The summed E-state index contributed by atoms with van der Waals surface area (Å²) in [5.74, 6) is -1.84. The van der Waals surface area contributed by atoms with E-state index in [0.29, 0.717) is 23.5 Å². The van der Waals surface area contributed by atoms with Gasteiger partial charge in [-0.1, -0.05) is 53.8 Å². The average molecular weight is 542 g/mol. The van der Waals surface area contributed by atoms with Crippen molar-refractivity contribution in [3.63, 3.8) is 0 Å². The summed E-state index contributed by atoms with van der Waals surface area (Å²) >= 11 is 6.58. The lowest BCUT2D eigenvalue weighted by Crippen LogP contribution is -2.50.